The fourth-order valence-electron chi connectivity index (χ4n) is 5.19. The van der Waals surface area contributed by atoms with Crippen LogP contribution in [-0.2, 0) is 14.3 Å². The van der Waals surface area contributed by atoms with Gasteiger partial charge >= 0.3 is 12.1 Å². The number of alkyl carbamates (subject to hydrolysis) is 1. The molecule has 2 amide bonds. The zero-order valence-corrected chi connectivity index (χ0v) is 20.4. The van der Waals surface area contributed by atoms with Gasteiger partial charge in [0.1, 0.15) is 18.7 Å². The van der Waals surface area contributed by atoms with E-state index in [0.29, 0.717) is 25.3 Å². The van der Waals surface area contributed by atoms with E-state index in [2.05, 4.69) is 43.4 Å². The molecule has 1 aliphatic heterocycles. The predicted molar refractivity (Wildman–Crippen MR) is 133 cm³/mol. The van der Waals surface area contributed by atoms with Gasteiger partial charge in [-0.2, -0.15) is 0 Å². The first-order valence-corrected chi connectivity index (χ1v) is 12.5. The van der Waals surface area contributed by atoms with Crippen LogP contribution in [0, 0.1) is 5.92 Å². The van der Waals surface area contributed by atoms with E-state index in [1.54, 1.807) is 0 Å². The molecule has 2 aliphatic rings. The second-order valence-corrected chi connectivity index (χ2v) is 9.88. The number of carbonyl (C=O) groups is 3. The van der Waals surface area contributed by atoms with Gasteiger partial charge in [-0.25, -0.2) is 9.59 Å². The summed E-state index contributed by atoms with van der Waals surface area (Å²) in [7, 11) is 0. The van der Waals surface area contributed by atoms with E-state index in [9.17, 15) is 19.5 Å². The van der Waals surface area contributed by atoms with E-state index in [1.807, 2.05) is 24.3 Å². The van der Waals surface area contributed by atoms with Gasteiger partial charge in [0.15, 0.2) is 0 Å². The largest absolute Gasteiger partial charge is 0.480 e. The molecule has 0 radical (unpaired) electrons. The summed E-state index contributed by atoms with van der Waals surface area (Å²) in [6.45, 7) is 4.65. The number of nitrogens with zero attached hydrogens (tertiary/aromatic N) is 1. The lowest BCUT2D eigenvalue weighted by molar-refractivity contribution is -0.153. The molecule has 1 unspecified atom stereocenters. The van der Waals surface area contributed by atoms with Crippen LogP contribution in [0.15, 0.2) is 48.5 Å². The van der Waals surface area contributed by atoms with Gasteiger partial charge in [-0.05, 0) is 60.3 Å². The van der Waals surface area contributed by atoms with E-state index < -0.39 is 24.1 Å². The van der Waals surface area contributed by atoms with Crippen molar-refractivity contribution < 1.29 is 24.2 Å². The van der Waals surface area contributed by atoms with Gasteiger partial charge in [0, 0.05) is 12.5 Å². The van der Waals surface area contributed by atoms with Crippen molar-refractivity contribution in [2.24, 2.45) is 5.92 Å². The summed E-state index contributed by atoms with van der Waals surface area (Å²) < 4.78 is 5.65. The number of carboxylic acid groups (broad SMARTS) is 1. The molecule has 2 aromatic rings. The Morgan fingerprint density at radius 1 is 1.00 bits per heavy atom. The van der Waals surface area contributed by atoms with Crippen LogP contribution in [0.25, 0.3) is 11.1 Å². The lowest BCUT2D eigenvalue weighted by atomic mass is 9.98. The quantitative estimate of drug-likeness (QED) is 0.568. The van der Waals surface area contributed by atoms with Crippen LogP contribution >= 0.6 is 0 Å². The number of aliphatic carboxylic acids is 1. The van der Waals surface area contributed by atoms with Gasteiger partial charge in [0.25, 0.3) is 0 Å². The molecule has 1 aliphatic carbocycles. The minimum atomic E-state index is -0.998. The summed E-state index contributed by atoms with van der Waals surface area (Å²) in [4.78, 5) is 39.3. The van der Waals surface area contributed by atoms with Crippen molar-refractivity contribution in [1.82, 2.24) is 10.2 Å². The van der Waals surface area contributed by atoms with Gasteiger partial charge in [-0.1, -0.05) is 62.4 Å². The van der Waals surface area contributed by atoms with E-state index in [1.165, 1.54) is 4.90 Å². The molecule has 2 N–H and O–H groups in total. The molecule has 7 nitrogen and oxygen atoms in total. The third-order valence-corrected chi connectivity index (χ3v) is 7.04. The van der Waals surface area contributed by atoms with E-state index in [0.717, 1.165) is 41.5 Å². The Kier molecular flexibility index (Phi) is 7.73. The number of hydrogen-bond acceptors (Lipinski definition) is 4. The fourth-order valence-corrected chi connectivity index (χ4v) is 5.19. The number of benzene rings is 2. The number of carbonyl (C=O) groups excluding carboxylic acids is 2. The third-order valence-electron chi connectivity index (χ3n) is 7.04. The summed E-state index contributed by atoms with van der Waals surface area (Å²) in [6, 6.07) is 14.6. The molecule has 1 saturated heterocycles. The van der Waals surface area contributed by atoms with Crippen LogP contribution < -0.4 is 5.32 Å². The van der Waals surface area contributed by atoms with Crippen molar-refractivity contribution in [2.75, 3.05) is 13.2 Å². The van der Waals surface area contributed by atoms with Crippen molar-refractivity contribution in [3.05, 3.63) is 59.7 Å². The normalized spacial score (nSPS) is 18.0. The molecular weight excluding hydrogens is 444 g/mol. The highest BCUT2D eigenvalue weighted by atomic mass is 16.5. The zero-order chi connectivity index (χ0) is 24.9. The zero-order valence-electron chi connectivity index (χ0n) is 20.4. The molecule has 1 fully saturated rings. The molecule has 7 heteroatoms. The van der Waals surface area contributed by atoms with E-state index in [4.69, 9.17) is 4.74 Å². The minimum absolute atomic E-state index is 0.0727. The average Bonchev–Trinajstić information content (AvgIpc) is 3.18. The second-order valence-electron chi connectivity index (χ2n) is 9.88. The first-order valence-electron chi connectivity index (χ1n) is 12.5. The molecule has 0 bridgehead atoms. The predicted octanol–water partition coefficient (Wildman–Crippen LogP) is 4.80. The highest BCUT2D eigenvalue weighted by Crippen LogP contribution is 2.44. The number of piperidine rings is 1. The SMILES string of the molecule is CC(C)CCC(NC(=O)OCC1c2ccccc2-c2ccccc21)C(=O)N1CCCC[C@@H]1C(=O)O. The lowest BCUT2D eigenvalue weighted by Gasteiger charge is -2.35. The highest BCUT2D eigenvalue weighted by Gasteiger charge is 2.36. The molecule has 1 heterocycles. The molecule has 0 aromatic heterocycles. The number of ether oxygens (including phenoxy) is 1. The number of likely N-dealkylation sites (tertiary alicyclic amines) is 1. The average molecular weight is 479 g/mol. The standard InChI is InChI=1S/C28H34N2O5/c1-18(2)14-15-24(26(31)30-16-8-7-13-25(30)27(32)33)29-28(34)35-17-23-21-11-5-3-9-19(21)20-10-4-6-12-22(20)23/h3-6,9-12,18,23-25H,7-8,13-17H2,1-2H3,(H,29,34)(H,32,33)/t24?,25-/m1/s1. The summed E-state index contributed by atoms with van der Waals surface area (Å²) >= 11 is 0. The maximum absolute atomic E-state index is 13.3. The van der Waals surface area contributed by atoms with Crippen molar-refractivity contribution >= 4 is 18.0 Å². The first-order chi connectivity index (χ1) is 16.9. The maximum atomic E-state index is 13.3. The Labute approximate surface area is 206 Å². The molecule has 4 rings (SSSR count). The third kappa shape index (κ3) is 5.50. The van der Waals surface area contributed by atoms with Gasteiger partial charge < -0.3 is 20.1 Å². The summed E-state index contributed by atoms with van der Waals surface area (Å²) in [5, 5.41) is 12.4. The number of amides is 2. The second kappa shape index (κ2) is 10.9. The van der Waals surface area contributed by atoms with Crippen LogP contribution in [0.5, 0.6) is 0 Å². The smallest absolute Gasteiger partial charge is 0.407 e. The summed E-state index contributed by atoms with van der Waals surface area (Å²) in [5.41, 5.74) is 4.52. The molecule has 186 valence electrons. The number of rotatable bonds is 8. The Morgan fingerprint density at radius 3 is 2.23 bits per heavy atom. The number of nitrogens with one attached hydrogen (secondary N) is 1. The Balaban J connectivity index is 1.45. The van der Waals surface area contributed by atoms with Gasteiger partial charge in [0.05, 0.1) is 0 Å². The number of fused-ring (bicyclic) bond motifs is 3. The molecular formula is C28H34N2O5. The van der Waals surface area contributed by atoms with Crippen LogP contribution in [0.4, 0.5) is 4.79 Å². The lowest BCUT2D eigenvalue weighted by Crippen LogP contribution is -2.55. The molecule has 0 spiro atoms. The Morgan fingerprint density at radius 2 is 1.63 bits per heavy atom. The van der Waals surface area contributed by atoms with Gasteiger partial charge in [-0.3, -0.25) is 4.79 Å². The number of hydrogen-bond donors (Lipinski definition) is 2. The van der Waals surface area contributed by atoms with Crippen molar-refractivity contribution in [3.8, 4) is 11.1 Å². The van der Waals surface area contributed by atoms with E-state index in [-0.39, 0.29) is 18.4 Å². The Bertz CT molecular complexity index is 1040. The summed E-state index contributed by atoms with van der Waals surface area (Å²) in [6.07, 6.45) is 2.48. The minimum Gasteiger partial charge on any atom is -0.480 e. The first kappa shape index (κ1) is 24.8. The van der Waals surface area contributed by atoms with Crippen LogP contribution in [0.3, 0.4) is 0 Å². The van der Waals surface area contributed by atoms with Crippen molar-refractivity contribution in [1.29, 1.82) is 0 Å². The highest BCUT2D eigenvalue weighted by molar-refractivity contribution is 5.89. The number of carboxylic acids is 1. The van der Waals surface area contributed by atoms with Gasteiger partial charge in [0.2, 0.25) is 5.91 Å². The van der Waals surface area contributed by atoms with Crippen LogP contribution in [-0.4, -0.2) is 53.2 Å². The van der Waals surface area contributed by atoms with Gasteiger partial charge in [-0.15, -0.1) is 0 Å². The van der Waals surface area contributed by atoms with Crippen LogP contribution in [0.1, 0.15) is 63.0 Å². The Hall–Kier alpha value is -3.35. The maximum Gasteiger partial charge on any atom is 0.407 e. The van der Waals surface area contributed by atoms with Crippen LogP contribution in [0.2, 0.25) is 0 Å². The molecule has 2 aromatic carbocycles. The molecule has 35 heavy (non-hydrogen) atoms. The van der Waals surface area contributed by atoms with Crippen molar-refractivity contribution in [3.63, 3.8) is 0 Å². The fraction of sp³-hybridized carbons (Fsp3) is 0.464. The monoisotopic (exact) mass is 478 g/mol. The van der Waals surface area contributed by atoms with E-state index >= 15 is 0 Å². The van der Waals surface area contributed by atoms with Crippen molar-refractivity contribution in [2.45, 2.75) is 64.0 Å². The summed E-state index contributed by atoms with van der Waals surface area (Å²) in [5.74, 6) is -1.07. The topological polar surface area (TPSA) is 95.9 Å². The molecule has 0 saturated carbocycles. The molecule has 2 atom stereocenters.